The lowest BCUT2D eigenvalue weighted by Crippen LogP contribution is -2.39. The van der Waals surface area contributed by atoms with Crippen molar-refractivity contribution in [3.8, 4) is 16.9 Å². The highest BCUT2D eigenvalue weighted by Gasteiger charge is 2.26. The van der Waals surface area contributed by atoms with Crippen LogP contribution in [0.3, 0.4) is 0 Å². The fourth-order valence-corrected chi connectivity index (χ4v) is 5.88. The van der Waals surface area contributed by atoms with Crippen LogP contribution in [0.1, 0.15) is 69.3 Å². The summed E-state index contributed by atoms with van der Waals surface area (Å²) in [5.41, 5.74) is 10.7. The van der Waals surface area contributed by atoms with Crippen molar-refractivity contribution >= 4 is 34.4 Å². The maximum atomic E-state index is 13.2. The number of likely N-dealkylation sites (tertiary alicyclic amines) is 1. The molecule has 5 aromatic rings. The molecule has 0 aliphatic carbocycles. The van der Waals surface area contributed by atoms with Gasteiger partial charge in [0.05, 0.1) is 23.2 Å². The number of nitrogens with two attached hydrogens (primary N) is 1. The van der Waals surface area contributed by atoms with Crippen molar-refractivity contribution in [2.75, 3.05) is 24.1 Å². The van der Waals surface area contributed by atoms with Crippen LogP contribution in [0.15, 0.2) is 65.4 Å². The smallest absolute Gasteiger partial charge is 0.253 e. The van der Waals surface area contributed by atoms with Crippen LogP contribution in [0.5, 0.6) is 0 Å². The van der Waals surface area contributed by atoms with Crippen LogP contribution in [0.2, 0.25) is 0 Å². The van der Waals surface area contributed by atoms with Crippen molar-refractivity contribution in [2.45, 2.75) is 59.3 Å². The number of nitrogens with zero attached hydrogens (tertiary/aromatic N) is 6. The Labute approximate surface area is 268 Å². The lowest BCUT2D eigenvalue weighted by molar-refractivity contribution is -0.115. The number of anilines is 2. The first-order valence-electron chi connectivity index (χ1n) is 15.7. The lowest BCUT2D eigenvalue weighted by atomic mass is 9.86. The molecule has 0 radical (unpaired) electrons. The van der Waals surface area contributed by atoms with Crippen LogP contribution in [0.25, 0.3) is 28.0 Å². The van der Waals surface area contributed by atoms with E-state index in [9.17, 15) is 9.59 Å². The quantitative estimate of drug-likeness (QED) is 0.224. The average Bonchev–Trinajstić information content (AvgIpc) is 3.67. The lowest BCUT2D eigenvalue weighted by Gasteiger charge is -2.34. The molecule has 238 valence electrons. The van der Waals surface area contributed by atoms with E-state index < -0.39 is 0 Å². The molecule has 6 rings (SSSR count). The molecule has 0 unspecified atom stereocenters. The van der Waals surface area contributed by atoms with E-state index in [4.69, 9.17) is 15.4 Å². The van der Waals surface area contributed by atoms with Gasteiger partial charge in [0.25, 0.3) is 5.91 Å². The van der Waals surface area contributed by atoms with E-state index in [2.05, 4.69) is 34.3 Å². The Kier molecular flexibility index (Phi) is 8.33. The highest BCUT2D eigenvalue weighted by atomic mass is 16.5. The average molecular weight is 621 g/mol. The molecule has 2 amide bonds. The van der Waals surface area contributed by atoms with Crippen molar-refractivity contribution in [3.63, 3.8) is 0 Å². The molecule has 46 heavy (non-hydrogen) atoms. The maximum absolute atomic E-state index is 13.2. The number of nitrogens with one attached hydrogen (secondary N) is 1. The second-order valence-electron chi connectivity index (χ2n) is 13.4. The first-order valence-corrected chi connectivity index (χ1v) is 15.7. The summed E-state index contributed by atoms with van der Waals surface area (Å²) >= 11 is 0. The van der Waals surface area contributed by atoms with Crippen LogP contribution < -0.4 is 11.1 Å². The van der Waals surface area contributed by atoms with Gasteiger partial charge < -0.3 is 20.5 Å². The normalized spacial score (nSPS) is 14.3. The molecule has 0 spiro atoms. The fourth-order valence-electron chi connectivity index (χ4n) is 5.88. The molecule has 4 heterocycles. The predicted molar refractivity (Wildman–Crippen MR) is 178 cm³/mol. The SMILES string of the molecule is CC(C)C1CCN(C(=O)c2ccc(-c3nn(-c4ccc(NC(=O)Cc5cc(C(C)(C)C)on5)cc4)c4ncnc(N)c34)cc2)CC1. The number of aromatic nitrogens is 5. The first kappa shape index (κ1) is 30.9. The van der Waals surface area contributed by atoms with Gasteiger partial charge in [-0.2, -0.15) is 5.10 Å². The third-order valence-corrected chi connectivity index (χ3v) is 8.70. The monoisotopic (exact) mass is 620 g/mol. The number of rotatable bonds is 7. The molecule has 0 saturated carbocycles. The third-order valence-electron chi connectivity index (χ3n) is 8.70. The summed E-state index contributed by atoms with van der Waals surface area (Å²) in [6.07, 6.45) is 3.59. The number of piperidine rings is 1. The van der Waals surface area contributed by atoms with E-state index in [0.717, 1.165) is 42.9 Å². The number of hydrogen-bond acceptors (Lipinski definition) is 8. The number of amides is 2. The Morgan fingerprint density at radius 1 is 1.02 bits per heavy atom. The molecular formula is C35H40N8O3. The van der Waals surface area contributed by atoms with Gasteiger partial charge in [-0.3, -0.25) is 9.59 Å². The number of hydrogen-bond donors (Lipinski definition) is 2. The Morgan fingerprint density at radius 2 is 1.72 bits per heavy atom. The van der Waals surface area contributed by atoms with E-state index in [1.165, 1.54) is 6.33 Å². The van der Waals surface area contributed by atoms with Gasteiger partial charge in [0.15, 0.2) is 5.65 Å². The van der Waals surface area contributed by atoms with Gasteiger partial charge in [-0.1, -0.05) is 51.9 Å². The molecule has 3 aromatic heterocycles. The van der Waals surface area contributed by atoms with Crippen molar-refractivity contribution in [2.24, 2.45) is 11.8 Å². The van der Waals surface area contributed by atoms with Crippen LogP contribution in [-0.4, -0.2) is 54.7 Å². The minimum Gasteiger partial charge on any atom is -0.383 e. The van der Waals surface area contributed by atoms with Crippen LogP contribution in [0, 0.1) is 11.8 Å². The summed E-state index contributed by atoms with van der Waals surface area (Å²) < 4.78 is 7.10. The minimum absolute atomic E-state index is 0.0508. The van der Waals surface area contributed by atoms with Crippen molar-refractivity contribution in [1.82, 2.24) is 29.8 Å². The summed E-state index contributed by atoms with van der Waals surface area (Å²) in [6, 6.07) is 16.6. The standard InChI is InChI=1S/C35H40N8O3/c1-21(2)22-14-16-42(17-15-22)34(45)24-8-6-23(7-9-24)31-30-32(36)37-20-38-33(30)43(40-31)27-12-10-25(11-13-27)39-29(44)19-26-18-28(46-41-26)35(3,4)5/h6-13,18,20-22H,14-17,19H2,1-5H3,(H,39,44)(H2,36,37,38). The molecule has 0 atom stereocenters. The van der Waals surface area contributed by atoms with E-state index >= 15 is 0 Å². The second-order valence-corrected chi connectivity index (χ2v) is 13.4. The predicted octanol–water partition coefficient (Wildman–Crippen LogP) is 6.04. The van der Waals surface area contributed by atoms with Gasteiger partial charge in [0.2, 0.25) is 5.91 Å². The molecule has 3 N–H and O–H groups in total. The Balaban J connectivity index is 1.19. The highest BCUT2D eigenvalue weighted by Crippen LogP contribution is 2.33. The molecular weight excluding hydrogens is 580 g/mol. The minimum atomic E-state index is -0.198. The highest BCUT2D eigenvalue weighted by molar-refractivity contribution is 6.00. The molecule has 1 aliphatic rings. The van der Waals surface area contributed by atoms with Gasteiger partial charge in [-0.05, 0) is 61.1 Å². The van der Waals surface area contributed by atoms with E-state index in [1.807, 2.05) is 68.1 Å². The molecule has 11 nitrogen and oxygen atoms in total. The summed E-state index contributed by atoms with van der Waals surface area (Å²) in [4.78, 5) is 36.6. The summed E-state index contributed by atoms with van der Waals surface area (Å²) in [5, 5.41) is 12.5. The number of fused-ring (bicyclic) bond motifs is 1. The molecule has 1 fully saturated rings. The maximum Gasteiger partial charge on any atom is 0.253 e. The van der Waals surface area contributed by atoms with Gasteiger partial charge in [0, 0.05) is 41.4 Å². The fraction of sp³-hybridized carbons (Fsp3) is 0.371. The molecule has 1 aliphatic heterocycles. The van der Waals surface area contributed by atoms with Crippen molar-refractivity contribution in [3.05, 3.63) is 77.9 Å². The van der Waals surface area contributed by atoms with Crippen molar-refractivity contribution < 1.29 is 14.1 Å². The van der Waals surface area contributed by atoms with E-state index in [-0.39, 0.29) is 23.7 Å². The molecule has 2 aromatic carbocycles. The molecule has 11 heteroatoms. The zero-order chi connectivity index (χ0) is 32.6. The number of carbonyl (C=O) groups is 2. The van der Waals surface area contributed by atoms with Gasteiger partial charge in [-0.15, -0.1) is 0 Å². The zero-order valence-electron chi connectivity index (χ0n) is 26.9. The second kappa shape index (κ2) is 12.4. The summed E-state index contributed by atoms with van der Waals surface area (Å²) in [5.74, 6) is 2.21. The molecule has 1 saturated heterocycles. The van der Waals surface area contributed by atoms with Gasteiger partial charge in [0.1, 0.15) is 23.6 Å². The largest absolute Gasteiger partial charge is 0.383 e. The first-order chi connectivity index (χ1) is 22.0. The van der Waals surface area contributed by atoms with Gasteiger partial charge >= 0.3 is 0 Å². The van der Waals surface area contributed by atoms with Gasteiger partial charge in [-0.25, -0.2) is 14.6 Å². The number of benzene rings is 2. The third kappa shape index (κ3) is 6.35. The van der Waals surface area contributed by atoms with E-state index in [0.29, 0.717) is 51.3 Å². The zero-order valence-corrected chi connectivity index (χ0v) is 26.9. The van der Waals surface area contributed by atoms with Crippen LogP contribution >= 0.6 is 0 Å². The number of carbonyl (C=O) groups excluding carboxylic acids is 2. The van der Waals surface area contributed by atoms with Crippen LogP contribution in [-0.2, 0) is 16.6 Å². The Morgan fingerprint density at radius 3 is 2.35 bits per heavy atom. The van der Waals surface area contributed by atoms with E-state index in [1.54, 1.807) is 16.8 Å². The Hall–Kier alpha value is -5.06. The summed E-state index contributed by atoms with van der Waals surface area (Å²) in [6.45, 7) is 12.2. The molecule has 0 bridgehead atoms. The number of nitrogen functional groups attached to an aromatic ring is 1. The topological polar surface area (TPSA) is 145 Å². The van der Waals surface area contributed by atoms with Crippen molar-refractivity contribution in [1.29, 1.82) is 0 Å². The summed E-state index contributed by atoms with van der Waals surface area (Å²) in [7, 11) is 0. The van der Waals surface area contributed by atoms with Crippen LogP contribution in [0.4, 0.5) is 11.5 Å². The Bertz CT molecular complexity index is 1860.